The number of nitrogens with one attached hydrogen (secondary N) is 1. The quantitative estimate of drug-likeness (QED) is 0.727. The van der Waals surface area contributed by atoms with E-state index in [1.807, 2.05) is 35.0 Å². The van der Waals surface area contributed by atoms with Crippen LogP contribution in [-0.4, -0.2) is 43.4 Å². The molecular weight excluding hydrogens is 340 g/mol. The van der Waals surface area contributed by atoms with Crippen LogP contribution >= 0.6 is 0 Å². The number of likely N-dealkylation sites (tertiary alicyclic amines) is 1. The molecular formula is C20H22N6O. The standard InChI is InChI=1S/C20H22N6O/c27-20(18(25-10-1-2-11-25)16-5-3-7-21-13-16)24-14-17-6-4-8-23-19(17)26-12-9-22-15-26/h3-9,12-13,15,18H,1-2,10-11,14H2,(H,24,27). The molecule has 7 nitrogen and oxygen atoms in total. The third-order valence-corrected chi connectivity index (χ3v) is 4.82. The molecule has 1 aliphatic rings. The molecule has 138 valence electrons. The summed E-state index contributed by atoms with van der Waals surface area (Å²) in [6, 6.07) is 7.38. The highest BCUT2D eigenvalue weighted by Gasteiger charge is 2.29. The van der Waals surface area contributed by atoms with Crippen molar-refractivity contribution in [2.24, 2.45) is 0 Å². The summed E-state index contributed by atoms with van der Waals surface area (Å²) >= 11 is 0. The molecule has 1 atom stereocenters. The lowest BCUT2D eigenvalue weighted by atomic mass is 10.1. The number of aromatic nitrogens is 4. The summed E-state index contributed by atoms with van der Waals surface area (Å²) in [5.41, 5.74) is 1.87. The van der Waals surface area contributed by atoms with Crippen molar-refractivity contribution in [1.82, 2.24) is 29.7 Å². The highest BCUT2D eigenvalue weighted by atomic mass is 16.2. The van der Waals surface area contributed by atoms with Crippen LogP contribution in [0.25, 0.3) is 5.82 Å². The number of pyridine rings is 2. The zero-order valence-corrected chi connectivity index (χ0v) is 15.0. The van der Waals surface area contributed by atoms with Gasteiger partial charge in [0.1, 0.15) is 18.2 Å². The Bertz CT molecular complexity index is 875. The summed E-state index contributed by atoms with van der Waals surface area (Å²) in [4.78, 5) is 28.0. The summed E-state index contributed by atoms with van der Waals surface area (Å²) < 4.78 is 1.85. The molecule has 4 rings (SSSR count). The first-order valence-corrected chi connectivity index (χ1v) is 9.17. The second-order valence-corrected chi connectivity index (χ2v) is 6.61. The van der Waals surface area contributed by atoms with E-state index in [-0.39, 0.29) is 11.9 Å². The Labute approximate surface area is 158 Å². The van der Waals surface area contributed by atoms with Crippen molar-refractivity contribution >= 4 is 5.91 Å². The minimum Gasteiger partial charge on any atom is -0.350 e. The van der Waals surface area contributed by atoms with E-state index in [2.05, 4.69) is 25.2 Å². The van der Waals surface area contributed by atoms with Crippen LogP contribution in [0.3, 0.4) is 0 Å². The van der Waals surface area contributed by atoms with Gasteiger partial charge in [0.05, 0.1) is 0 Å². The van der Waals surface area contributed by atoms with E-state index in [4.69, 9.17) is 0 Å². The van der Waals surface area contributed by atoms with Crippen molar-refractivity contribution < 1.29 is 4.79 Å². The second-order valence-electron chi connectivity index (χ2n) is 6.61. The molecule has 0 radical (unpaired) electrons. The molecule has 0 bridgehead atoms. The average molecular weight is 362 g/mol. The van der Waals surface area contributed by atoms with Crippen LogP contribution in [0.5, 0.6) is 0 Å². The monoisotopic (exact) mass is 362 g/mol. The van der Waals surface area contributed by atoms with Gasteiger partial charge in [0.2, 0.25) is 5.91 Å². The van der Waals surface area contributed by atoms with Crippen molar-refractivity contribution in [1.29, 1.82) is 0 Å². The van der Waals surface area contributed by atoms with Crippen LogP contribution < -0.4 is 5.32 Å². The van der Waals surface area contributed by atoms with Crippen LogP contribution in [0.1, 0.15) is 30.0 Å². The maximum absolute atomic E-state index is 13.1. The van der Waals surface area contributed by atoms with Gasteiger partial charge in [-0.3, -0.25) is 19.2 Å². The number of amides is 1. The molecule has 1 unspecified atom stereocenters. The van der Waals surface area contributed by atoms with Crippen molar-refractivity contribution in [3.63, 3.8) is 0 Å². The van der Waals surface area contributed by atoms with Gasteiger partial charge in [-0.15, -0.1) is 0 Å². The van der Waals surface area contributed by atoms with Crippen LogP contribution in [0.4, 0.5) is 0 Å². The lowest BCUT2D eigenvalue weighted by Gasteiger charge is -2.26. The molecule has 0 saturated carbocycles. The van der Waals surface area contributed by atoms with E-state index in [0.29, 0.717) is 6.54 Å². The lowest BCUT2D eigenvalue weighted by Crippen LogP contribution is -2.39. The summed E-state index contributed by atoms with van der Waals surface area (Å²) in [5.74, 6) is 0.764. The summed E-state index contributed by atoms with van der Waals surface area (Å²) in [6.07, 6.45) is 12.8. The molecule has 1 aliphatic heterocycles. The Balaban J connectivity index is 1.53. The van der Waals surface area contributed by atoms with Gasteiger partial charge in [-0.1, -0.05) is 12.1 Å². The zero-order chi connectivity index (χ0) is 18.5. The van der Waals surface area contributed by atoms with Gasteiger partial charge in [0, 0.05) is 43.1 Å². The number of rotatable bonds is 6. The number of carbonyl (C=O) groups excluding carboxylic acids is 1. The van der Waals surface area contributed by atoms with Crippen LogP contribution in [0, 0.1) is 0 Å². The predicted octanol–water partition coefficient (Wildman–Crippen LogP) is 2.12. The van der Waals surface area contributed by atoms with E-state index in [1.165, 1.54) is 0 Å². The predicted molar refractivity (Wildman–Crippen MR) is 101 cm³/mol. The van der Waals surface area contributed by atoms with E-state index in [1.54, 1.807) is 31.1 Å². The van der Waals surface area contributed by atoms with Crippen molar-refractivity contribution in [3.05, 3.63) is 72.7 Å². The third kappa shape index (κ3) is 3.88. The Morgan fingerprint density at radius 3 is 2.70 bits per heavy atom. The zero-order valence-electron chi connectivity index (χ0n) is 15.0. The van der Waals surface area contributed by atoms with Crippen molar-refractivity contribution in [2.75, 3.05) is 13.1 Å². The van der Waals surface area contributed by atoms with Gasteiger partial charge < -0.3 is 5.32 Å². The Morgan fingerprint density at radius 1 is 1.11 bits per heavy atom. The van der Waals surface area contributed by atoms with E-state index < -0.39 is 0 Å². The third-order valence-electron chi connectivity index (χ3n) is 4.82. The topological polar surface area (TPSA) is 75.9 Å². The highest BCUT2D eigenvalue weighted by Crippen LogP contribution is 2.25. The Morgan fingerprint density at radius 2 is 1.96 bits per heavy atom. The minimum atomic E-state index is -0.311. The van der Waals surface area contributed by atoms with Gasteiger partial charge >= 0.3 is 0 Å². The van der Waals surface area contributed by atoms with E-state index in [9.17, 15) is 4.79 Å². The number of nitrogens with zero attached hydrogens (tertiary/aromatic N) is 5. The minimum absolute atomic E-state index is 0.00895. The van der Waals surface area contributed by atoms with Crippen molar-refractivity contribution in [2.45, 2.75) is 25.4 Å². The molecule has 3 aromatic heterocycles. The molecule has 7 heteroatoms. The SMILES string of the molecule is O=C(NCc1cccnc1-n1ccnc1)C(c1cccnc1)N1CCCC1. The molecule has 1 fully saturated rings. The molecule has 4 heterocycles. The Kier molecular flexibility index (Phi) is 5.20. The fourth-order valence-corrected chi connectivity index (χ4v) is 3.53. The van der Waals surface area contributed by atoms with E-state index in [0.717, 1.165) is 42.9 Å². The number of hydrogen-bond acceptors (Lipinski definition) is 5. The molecule has 0 aromatic carbocycles. The average Bonchev–Trinajstić information content (AvgIpc) is 3.42. The molecule has 3 aromatic rings. The normalized spacial score (nSPS) is 15.6. The number of hydrogen-bond donors (Lipinski definition) is 1. The van der Waals surface area contributed by atoms with Crippen molar-refractivity contribution in [3.8, 4) is 5.82 Å². The highest BCUT2D eigenvalue weighted by molar-refractivity contribution is 5.83. The fourth-order valence-electron chi connectivity index (χ4n) is 3.53. The first kappa shape index (κ1) is 17.4. The number of imidazole rings is 1. The summed E-state index contributed by atoms with van der Waals surface area (Å²) in [5, 5.41) is 3.09. The van der Waals surface area contributed by atoms with Gasteiger partial charge in [-0.05, 0) is 43.6 Å². The first-order chi connectivity index (χ1) is 13.3. The summed E-state index contributed by atoms with van der Waals surface area (Å²) in [7, 11) is 0. The van der Waals surface area contributed by atoms with Gasteiger partial charge in [0.25, 0.3) is 0 Å². The number of carbonyl (C=O) groups is 1. The largest absolute Gasteiger partial charge is 0.350 e. The van der Waals surface area contributed by atoms with Crippen LogP contribution in [0.2, 0.25) is 0 Å². The van der Waals surface area contributed by atoms with Gasteiger partial charge in [0.15, 0.2) is 0 Å². The Hall–Kier alpha value is -3.06. The van der Waals surface area contributed by atoms with Crippen LogP contribution in [0.15, 0.2) is 61.6 Å². The molecule has 0 aliphatic carbocycles. The fraction of sp³-hybridized carbons (Fsp3) is 0.300. The van der Waals surface area contributed by atoms with E-state index >= 15 is 0 Å². The van der Waals surface area contributed by atoms with Crippen LogP contribution in [-0.2, 0) is 11.3 Å². The molecule has 0 spiro atoms. The van der Waals surface area contributed by atoms with Gasteiger partial charge in [-0.25, -0.2) is 9.97 Å². The first-order valence-electron chi connectivity index (χ1n) is 9.17. The molecule has 1 N–H and O–H groups in total. The summed E-state index contributed by atoms with van der Waals surface area (Å²) in [6.45, 7) is 2.27. The smallest absolute Gasteiger partial charge is 0.242 e. The molecule has 1 saturated heterocycles. The van der Waals surface area contributed by atoms with Gasteiger partial charge in [-0.2, -0.15) is 0 Å². The maximum Gasteiger partial charge on any atom is 0.242 e. The lowest BCUT2D eigenvalue weighted by molar-refractivity contribution is -0.126. The second kappa shape index (κ2) is 8.09. The molecule has 27 heavy (non-hydrogen) atoms. The maximum atomic E-state index is 13.1. The molecule has 1 amide bonds.